The summed E-state index contributed by atoms with van der Waals surface area (Å²) in [6, 6.07) is 12.0. The Morgan fingerprint density at radius 2 is 1.82 bits per heavy atom. The fourth-order valence-electron chi connectivity index (χ4n) is 4.13. The maximum absolute atomic E-state index is 13.8. The summed E-state index contributed by atoms with van der Waals surface area (Å²) in [5.74, 6) is -0.365. The highest BCUT2D eigenvalue weighted by atomic mass is 32.1. The van der Waals surface area contributed by atoms with Crippen LogP contribution in [-0.4, -0.2) is 30.2 Å². The number of methoxy groups -OCH3 is 1. The predicted octanol–water partition coefficient (Wildman–Crippen LogP) is 3.68. The van der Waals surface area contributed by atoms with Crippen molar-refractivity contribution in [2.24, 2.45) is 10.9 Å². The van der Waals surface area contributed by atoms with Crippen LogP contribution < -0.4 is 24.4 Å². The maximum Gasteiger partial charge on any atom is 0.338 e. The van der Waals surface area contributed by atoms with Crippen molar-refractivity contribution in [3.05, 3.63) is 90.1 Å². The lowest BCUT2D eigenvalue weighted by Gasteiger charge is -2.25. The molecule has 4 rings (SSSR count). The summed E-state index contributed by atoms with van der Waals surface area (Å²) >= 11 is 1.26. The molecule has 1 aliphatic rings. The molecule has 0 fully saturated rings. The minimum absolute atomic E-state index is 0.136. The van der Waals surface area contributed by atoms with E-state index in [0.29, 0.717) is 26.3 Å². The fourth-order valence-corrected chi connectivity index (χ4v) is 5.17. The third-order valence-electron chi connectivity index (χ3n) is 5.92. The summed E-state index contributed by atoms with van der Waals surface area (Å²) in [6.45, 7) is 9.17. The Labute approximate surface area is 224 Å². The fraction of sp³-hybridized carbons (Fsp3) is 0.310. The van der Waals surface area contributed by atoms with Gasteiger partial charge in [0.15, 0.2) is 16.3 Å². The average Bonchev–Trinajstić information content (AvgIpc) is 3.17. The van der Waals surface area contributed by atoms with Crippen molar-refractivity contribution in [2.75, 3.05) is 13.7 Å². The Bertz CT molecular complexity index is 1600. The van der Waals surface area contributed by atoms with Crippen LogP contribution in [-0.2, 0) is 14.3 Å². The molecule has 1 aromatic heterocycles. The molecule has 9 heteroatoms. The molecule has 0 aliphatic carbocycles. The zero-order chi connectivity index (χ0) is 27.6. The van der Waals surface area contributed by atoms with Crippen LogP contribution in [0.25, 0.3) is 6.08 Å². The monoisotopic (exact) mass is 534 g/mol. The van der Waals surface area contributed by atoms with E-state index in [2.05, 4.69) is 4.99 Å². The SMILES string of the molecule is COc1cc(C2C(C(=O)OCC(C)C)=C(C)N=c3sc(=Cc4ccc(C)cc4)c(=O)n32)ccc1OC(C)=O. The minimum atomic E-state index is -0.814. The van der Waals surface area contributed by atoms with Gasteiger partial charge in [-0.3, -0.25) is 14.2 Å². The van der Waals surface area contributed by atoms with Gasteiger partial charge in [0.2, 0.25) is 0 Å². The molecule has 1 unspecified atom stereocenters. The van der Waals surface area contributed by atoms with Crippen molar-refractivity contribution in [3.63, 3.8) is 0 Å². The summed E-state index contributed by atoms with van der Waals surface area (Å²) in [5, 5.41) is 0. The third-order valence-corrected chi connectivity index (χ3v) is 6.90. The highest BCUT2D eigenvalue weighted by Gasteiger charge is 2.34. The van der Waals surface area contributed by atoms with E-state index in [4.69, 9.17) is 14.2 Å². The molecule has 1 aliphatic heterocycles. The lowest BCUT2D eigenvalue weighted by molar-refractivity contribution is -0.140. The van der Waals surface area contributed by atoms with Gasteiger partial charge in [0, 0.05) is 6.92 Å². The van der Waals surface area contributed by atoms with Gasteiger partial charge in [-0.1, -0.05) is 61.1 Å². The number of hydrogen-bond donors (Lipinski definition) is 0. The van der Waals surface area contributed by atoms with Crippen molar-refractivity contribution < 1.29 is 23.8 Å². The molecule has 1 atom stereocenters. The number of ether oxygens (including phenoxy) is 3. The number of allylic oxidation sites excluding steroid dienone is 1. The smallest absolute Gasteiger partial charge is 0.338 e. The van der Waals surface area contributed by atoms with Crippen molar-refractivity contribution in [1.29, 1.82) is 0 Å². The number of esters is 2. The molecule has 2 aromatic carbocycles. The van der Waals surface area contributed by atoms with Gasteiger partial charge < -0.3 is 14.2 Å². The van der Waals surface area contributed by atoms with E-state index in [1.54, 1.807) is 25.1 Å². The predicted molar refractivity (Wildman–Crippen MR) is 145 cm³/mol. The summed E-state index contributed by atoms with van der Waals surface area (Å²) in [4.78, 5) is 43.8. The number of hydrogen-bond acceptors (Lipinski definition) is 8. The van der Waals surface area contributed by atoms with Crippen LogP contribution in [0.2, 0.25) is 0 Å². The number of carbonyl (C=O) groups excluding carboxylic acids is 2. The molecule has 0 radical (unpaired) electrons. The molecular weight excluding hydrogens is 504 g/mol. The quantitative estimate of drug-likeness (QED) is 0.339. The Hall–Kier alpha value is -3.98. The Morgan fingerprint density at radius 3 is 2.45 bits per heavy atom. The van der Waals surface area contributed by atoms with E-state index in [1.807, 2.05) is 51.1 Å². The number of aryl methyl sites for hydroxylation is 1. The second-order valence-electron chi connectivity index (χ2n) is 9.49. The Morgan fingerprint density at radius 1 is 1.11 bits per heavy atom. The molecule has 0 saturated heterocycles. The summed E-state index contributed by atoms with van der Waals surface area (Å²) in [6.07, 6.45) is 1.82. The normalized spacial score (nSPS) is 15.2. The molecule has 0 amide bonds. The van der Waals surface area contributed by atoms with Crippen molar-refractivity contribution in [2.45, 2.75) is 40.7 Å². The lowest BCUT2D eigenvalue weighted by atomic mass is 9.95. The van der Waals surface area contributed by atoms with Crippen LogP contribution in [0.15, 0.2) is 63.5 Å². The van der Waals surface area contributed by atoms with E-state index < -0.39 is 18.0 Å². The van der Waals surface area contributed by atoms with Gasteiger partial charge >= 0.3 is 11.9 Å². The first-order valence-electron chi connectivity index (χ1n) is 12.2. The molecule has 38 heavy (non-hydrogen) atoms. The molecule has 0 spiro atoms. The molecule has 198 valence electrons. The molecule has 0 N–H and O–H groups in total. The third kappa shape index (κ3) is 5.62. The summed E-state index contributed by atoms with van der Waals surface area (Å²) in [5.41, 5.74) is 3.06. The highest BCUT2D eigenvalue weighted by Crippen LogP contribution is 2.36. The zero-order valence-electron chi connectivity index (χ0n) is 22.2. The van der Waals surface area contributed by atoms with E-state index in [1.165, 1.54) is 29.9 Å². The van der Waals surface area contributed by atoms with Gasteiger partial charge in [0.25, 0.3) is 5.56 Å². The van der Waals surface area contributed by atoms with Crippen molar-refractivity contribution in [3.8, 4) is 11.5 Å². The molecule has 0 saturated carbocycles. The number of thiazole rings is 1. The van der Waals surface area contributed by atoms with E-state index in [-0.39, 0.29) is 29.4 Å². The zero-order valence-corrected chi connectivity index (χ0v) is 23.0. The van der Waals surface area contributed by atoms with Gasteiger partial charge in [-0.05, 0) is 49.1 Å². The number of carbonyl (C=O) groups is 2. The number of aromatic nitrogens is 1. The van der Waals surface area contributed by atoms with Gasteiger partial charge in [0.1, 0.15) is 0 Å². The maximum atomic E-state index is 13.8. The van der Waals surface area contributed by atoms with Gasteiger partial charge in [-0.15, -0.1) is 0 Å². The van der Waals surface area contributed by atoms with Gasteiger partial charge in [0.05, 0.1) is 35.6 Å². The largest absolute Gasteiger partial charge is 0.493 e. The summed E-state index contributed by atoms with van der Waals surface area (Å²) in [7, 11) is 1.46. The number of fused-ring (bicyclic) bond motifs is 1. The molecule has 8 nitrogen and oxygen atoms in total. The van der Waals surface area contributed by atoms with Crippen LogP contribution in [0.4, 0.5) is 0 Å². The average molecular weight is 535 g/mol. The van der Waals surface area contributed by atoms with Crippen LogP contribution in [0.5, 0.6) is 11.5 Å². The van der Waals surface area contributed by atoms with Crippen LogP contribution in [0.1, 0.15) is 50.4 Å². The molecule has 2 heterocycles. The van der Waals surface area contributed by atoms with Crippen LogP contribution >= 0.6 is 11.3 Å². The lowest BCUT2D eigenvalue weighted by Crippen LogP contribution is -2.40. The molecule has 0 bridgehead atoms. The summed E-state index contributed by atoms with van der Waals surface area (Å²) < 4.78 is 18.3. The van der Waals surface area contributed by atoms with E-state index in [9.17, 15) is 14.4 Å². The number of benzene rings is 2. The topological polar surface area (TPSA) is 96.2 Å². The Kier molecular flexibility index (Phi) is 7.97. The van der Waals surface area contributed by atoms with Gasteiger partial charge in [-0.25, -0.2) is 9.79 Å². The van der Waals surface area contributed by atoms with Crippen molar-refractivity contribution >= 4 is 29.4 Å². The van der Waals surface area contributed by atoms with E-state index >= 15 is 0 Å². The second-order valence-corrected chi connectivity index (χ2v) is 10.5. The molecular formula is C29H30N2O6S. The first-order valence-corrected chi connectivity index (χ1v) is 13.0. The van der Waals surface area contributed by atoms with Crippen LogP contribution in [0.3, 0.4) is 0 Å². The minimum Gasteiger partial charge on any atom is -0.493 e. The van der Waals surface area contributed by atoms with Crippen LogP contribution in [0, 0.1) is 12.8 Å². The van der Waals surface area contributed by atoms with E-state index in [0.717, 1.165) is 11.1 Å². The number of rotatable bonds is 7. The molecule has 3 aromatic rings. The first kappa shape index (κ1) is 27.1. The van der Waals surface area contributed by atoms with Gasteiger partial charge in [-0.2, -0.15) is 0 Å². The standard InChI is InChI=1S/C29H30N2O6S/c1-16(2)15-36-28(34)25-18(4)30-29-31(27(33)24(38-29)13-20-9-7-17(3)8-10-20)26(25)21-11-12-22(37-19(5)32)23(14-21)35-6/h7-14,16,26H,15H2,1-6H3. The highest BCUT2D eigenvalue weighted by molar-refractivity contribution is 7.07. The van der Waals surface area contributed by atoms with Crippen molar-refractivity contribution in [1.82, 2.24) is 4.57 Å². The first-order chi connectivity index (χ1) is 18.1. The Balaban J connectivity index is 1.92. The number of nitrogens with zero attached hydrogens (tertiary/aromatic N) is 2. The second kappa shape index (κ2) is 11.2.